The smallest absolute Gasteiger partial charge is 0.326 e. The van der Waals surface area contributed by atoms with Crippen LogP contribution in [-0.4, -0.2) is 64.5 Å². The first-order valence-corrected chi connectivity index (χ1v) is 11.0. The van der Waals surface area contributed by atoms with Crippen LogP contribution in [0.2, 0.25) is 0 Å². The van der Waals surface area contributed by atoms with Crippen LogP contribution >= 0.6 is 0 Å². The lowest BCUT2D eigenvalue weighted by Gasteiger charge is -2.21. The van der Waals surface area contributed by atoms with E-state index in [4.69, 9.17) is 11.5 Å². The van der Waals surface area contributed by atoms with Gasteiger partial charge < -0.3 is 37.6 Å². The Morgan fingerprint density at radius 3 is 2.00 bits per heavy atom. The maximum absolute atomic E-state index is 12.7. The lowest BCUT2D eigenvalue weighted by atomic mass is 10.0. The number of aliphatic carboxylic acids is 1. The highest BCUT2D eigenvalue weighted by molar-refractivity contribution is 5.95. The number of carbonyl (C=O) groups excluding carboxylic acids is 4. The quantitative estimate of drug-likeness (QED) is 0.173. The summed E-state index contributed by atoms with van der Waals surface area (Å²) in [7, 11) is 0. The molecule has 0 fully saturated rings. The van der Waals surface area contributed by atoms with Crippen LogP contribution in [0.5, 0.6) is 5.75 Å². The summed E-state index contributed by atoms with van der Waals surface area (Å²) >= 11 is 0. The molecule has 0 aliphatic carbocycles. The molecular formula is C24H29N5O7. The van der Waals surface area contributed by atoms with Crippen molar-refractivity contribution in [1.82, 2.24) is 16.0 Å². The standard InChI is InChI=1S/C24H29N5O7/c25-17(10-14-4-2-1-3-5-14)22(33)27-13-21(32)28-18(12-20(26)31)23(34)29-19(24(35)36)11-15-6-8-16(30)9-7-15/h1-9,17-19,30H,10-13,25H2,(H2,26,31)(H,27,33)(H,28,32)(H,29,34)(H,35,36). The zero-order chi connectivity index (χ0) is 26.7. The van der Waals surface area contributed by atoms with Gasteiger partial charge >= 0.3 is 5.97 Å². The molecule has 0 spiro atoms. The molecular weight excluding hydrogens is 470 g/mol. The van der Waals surface area contributed by atoms with Gasteiger partial charge in [0.05, 0.1) is 19.0 Å². The Bertz CT molecular complexity index is 1080. The van der Waals surface area contributed by atoms with Crippen molar-refractivity contribution in [2.24, 2.45) is 11.5 Å². The Morgan fingerprint density at radius 1 is 0.806 bits per heavy atom. The van der Waals surface area contributed by atoms with Crippen LogP contribution in [-0.2, 0) is 36.8 Å². The van der Waals surface area contributed by atoms with E-state index >= 15 is 0 Å². The zero-order valence-electron chi connectivity index (χ0n) is 19.3. The average Bonchev–Trinajstić information content (AvgIpc) is 2.83. The average molecular weight is 500 g/mol. The minimum atomic E-state index is -1.47. The van der Waals surface area contributed by atoms with Crippen molar-refractivity contribution >= 4 is 29.6 Å². The summed E-state index contributed by atoms with van der Waals surface area (Å²) in [5, 5.41) is 25.7. The highest BCUT2D eigenvalue weighted by atomic mass is 16.4. The van der Waals surface area contributed by atoms with E-state index in [1.165, 1.54) is 24.3 Å². The van der Waals surface area contributed by atoms with Crippen molar-refractivity contribution in [2.75, 3.05) is 6.54 Å². The fraction of sp³-hybridized carbons (Fsp3) is 0.292. The Kier molecular flexibility index (Phi) is 10.4. The first-order valence-electron chi connectivity index (χ1n) is 11.0. The molecule has 0 saturated carbocycles. The summed E-state index contributed by atoms with van der Waals surface area (Å²) in [5.74, 6) is -4.60. The number of primary amides is 1. The maximum atomic E-state index is 12.7. The molecule has 0 radical (unpaired) electrons. The molecule has 2 aromatic carbocycles. The molecule has 3 unspecified atom stereocenters. The largest absolute Gasteiger partial charge is 0.508 e. The number of carboxylic acids is 1. The summed E-state index contributed by atoms with van der Waals surface area (Å²) in [4.78, 5) is 60.3. The highest BCUT2D eigenvalue weighted by Crippen LogP contribution is 2.11. The van der Waals surface area contributed by atoms with Crippen molar-refractivity contribution in [1.29, 1.82) is 0 Å². The summed E-state index contributed by atoms with van der Waals surface area (Å²) in [6, 6.07) is 11.0. The van der Waals surface area contributed by atoms with E-state index in [2.05, 4.69) is 16.0 Å². The van der Waals surface area contributed by atoms with Crippen molar-refractivity contribution in [3.8, 4) is 5.75 Å². The van der Waals surface area contributed by atoms with Gasteiger partial charge in [0, 0.05) is 6.42 Å². The van der Waals surface area contributed by atoms with E-state index in [0.717, 1.165) is 5.56 Å². The first kappa shape index (κ1) is 27.8. The zero-order valence-corrected chi connectivity index (χ0v) is 19.3. The molecule has 36 heavy (non-hydrogen) atoms. The lowest BCUT2D eigenvalue weighted by molar-refractivity contribution is -0.142. The second-order valence-corrected chi connectivity index (χ2v) is 8.07. The molecule has 2 rings (SSSR count). The number of amides is 4. The molecule has 4 amide bonds. The number of rotatable bonds is 13. The Morgan fingerprint density at radius 2 is 1.42 bits per heavy atom. The van der Waals surface area contributed by atoms with Gasteiger partial charge in [-0.3, -0.25) is 19.2 Å². The number of hydrogen-bond donors (Lipinski definition) is 7. The van der Waals surface area contributed by atoms with Crippen LogP contribution in [0.3, 0.4) is 0 Å². The lowest BCUT2D eigenvalue weighted by Crippen LogP contribution is -2.55. The van der Waals surface area contributed by atoms with Gasteiger partial charge in [0.2, 0.25) is 23.6 Å². The topological polar surface area (TPSA) is 214 Å². The predicted octanol–water partition coefficient (Wildman–Crippen LogP) is -1.45. The number of nitrogens with two attached hydrogens (primary N) is 2. The molecule has 0 aliphatic heterocycles. The van der Waals surface area contributed by atoms with E-state index in [9.17, 15) is 34.2 Å². The minimum absolute atomic E-state index is 0.00740. The van der Waals surface area contributed by atoms with E-state index < -0.39 is 60.7 Å². The molecule has 12 heteroatoms. The highest BCUT2D eigenvalue weighted by Gasteiger charge is 2.28. The third kappa shape index (κ3) is 9.43. The van der Waals surface area contributed by atoms with Crippen molar-refractivity contribution in [2.45, 2.75) is 37.4 Å². The molecule has 9 N–H and O–H groups in total. The molecule has 12 nitrogen and oxygen atoms in total. The van der Waals surface area contributed by atoms with Gasteiger partial charge in [-0.05, 0) is 29.7 Å². The summed E-state index contributed by atoms with van der Waals surface area (Å²) in [6.45, 7) is -0.528. The molecule has 2 aromatic rings. The van der Waals surface area contributed by atoms with E-state index in [1.807, 2.05) is 6.07 Å². The third-order valence-corrected chi connectivity index (χ3v) is 5.11. The second kappa shape index (κ2) is 13.4. The molecule has 0 bridgehead atoms. The van der Waals surface area contributed by atoms with Gasteiger partial charge in [-0.25, -0.2) is 4.79 Å². The van der Waals surface area contributed by atoms with Gasteiger partial charge in [0.25, 0.3) is 0 Å². The number of carboxylic acid groups (broad SMARTS) is 1. The fourth-order valence-electron chi connectivity index (χ4n) is 3.26. The van der Waals surface area contributed by atoms with Gasteiger partial charge in [-0.15, -0.1) is 0 Å². The molecule has 0 aliphatic rings. The van der Waals surface area contributed by atoms with Crippen LogP contribution in [0.4, 0.5) is 0 Å². The van der Waals surface area contributed by atoms with Crippen molar-refractivity contribution < 1.29 is 34.2 Å². The Hall–Kier alpha value is -4.45. The molecule has 192 valence electrons. The normalized spacial score (nSPS) is 13.0. The van der Waals surface area contributed by atoms with Crippen LogP contribution in [0.25, 0.3) is 0 Å². The van der Waals surface area contributed by atoms with Crippen LogP contribution in [0, 0.1) is 0 Å². The minimum Gasteiger partial charge on any atom is -0.508 e. The third-order valence-electron chi connectivity index (χ3n) is 5.11. The molecule has 0 aromatic heterocycles. The monoisotopic (exact) mass is 499 g/mol. The fourth-order valence-corrected chi connectivity index (χ4v) is 3.26. The van der Waals surface area contributed by atoms with E-state index in [1.54, 1.807) is 24.3 Å². The first-order chi connectivity index (χ1) is 17.0. The molecule has 3 atom stereocenters. The van der Waals surface area contributed by atoms with E-state index in [0.29, 0.717) is 5.56 Å². The summed E-state index contributed by atoms with van der Waals surface area (Å²) in [6.07, 6.45) is -0.461. The number of phenolic OH excluding ortho intramolecular Hbond substituents is 1. The van der Waals surface area contributed by atoms with Crippen molar-refractivity contribution in [3.05, 3.63) is 65.7 Å². The number of nitrogens with one attached hydrogen (secondary N) is 3. The summed E-state index contributed by atoms with van der Waals surface area (Å²) in [5.41, 5.74) is 12.4. The van der Waals surface area contributed by atoms with Gasteiger partial charge in [-0.2, -0.15) is 0 Å². The van der Waals surface area contributed by atoms with Gasteiger partial charge in [-0.1, -0.05) is 42.5 Å². The Labute approximate surface area is 207 Å². The number of benzene rings is 2. The van der Waals surface area contributed by atoms with Gasteiger partial charge in [0.1, 0.15) is 17.8 Å². The maximum Gasteiger partial charge on any atom is 0.326 e. The van der Waals surface area contributed by atoms with Gasteiger partial charge in [0.15, 0.2) is 0 Å². The Balaban J connectivity index is 1.94. The van der Waals surface area contributed by atoms with E-state index in [-0.39, 0.29) is 18.6 Å². The van der Waals surface area contributed by atoms with Crippen LogP contribution in [0.1, 0.15) is 17.5 Å². The SMILES string of the molecule is NC(=O)CC(NC(=O)CNC(=O)C(N)Cc1ccccc1)C(=O)NC(Cc1ccc(O)cc1)C(=O)O. The number of hydrogen-bond acceptors (Lipinski definition) is 7. The van der Waals surface area contributed by atoms with Crippen LogP contribution in [0.15, 0.2) is 54.6 Å². The van der Waals surface area contributed by atoms with Crippen LogP contribution < -0.4 is 27.4 Å². The number of carbonyl (C=O) groups is 5. The predicted molar refractivity (Wildman–Crippen MR) is 128 cm³/mol. The number of phenols is 1. The number of aromatic hydroxyl groups is 1. The molecule has 0 saturated heterocycles. The second-order valence-electron chi connectivity index (χ2n) is 8.07. The summed E-state index contributed by atoms with van der Waals surface area (Å²) < 4.78 is 0. The molecule has 0 heterocycles. The van der Waals surface area contributed by atoms with Crippen molar-refractivity contribution in [3.63, 3.8) is 0 Å².